The molecule has 23 heavy (non-hydrogen) atoms. The summed E-state index contributed by atoms with van der Waals surface area (Å²) >= 11 is 0. The molecule has 6 nitrogen and oxygen atoms in total. The lowest BCUT2D eigenvalue weighted by atomic mass is 10.1. The SMILES string of the molecule is CCn1ncc(C(=O)NCCc2ccc(OC)c(OC)c2)c1C. The summed E-state index contributed by atoms with van der Waals surface area (Å²) in [5.41, 5.74) is 2.58. The molecular weight excluding hydrogens is 294 g/mol. The van der Waals surface area contributed by atoms with Gasteiger partial charge in [0.15, 0.2) is 11.5 Å². The highest BCUT2D eigenvalue weighted by Gasteiger charge is 2.13. The van der Waals surface area contributed by atoms with E-state index >= 15 is 0 Å². The van der Waals surface area contributed by atoms with Crippen molar-refractivity contribution in [3.05, 3.63) is 41.2 Å². The Labute approximate surface area is 136 Å². The second-order valence-electron chi connectivity index (χ2n) is 5.15. The Hall–Kier alpha value is -2.50. The fourth-order valence-corrected chi connectivity index (χ4v) is 2.44. The van der Waals surface area contributed by atoms with Crippen LogP contribution in [0.4, 0.5) is 0 Å². The van der Waals surface area contributed by atoms with Gasteiger partial charge in [-0.3, -0.25) is 9.48 Å². The van der Waals surface area contributed by atoms with Gasteiger partial charge in [-0.15, -0.1) is 0 Å². The molecule has 0 radical (unpaired) electrons. The molecule has 1 N–H and O–H groups in total. The summed E-state index contributed by atoms with van der Waals surface area (Å²) in [6.45, 7) is 5.20. The maximum atomic E-state index is 12.2. The Balaban J connectivity index is 1.94. The van der Waals surface area contributed by atoms with E-state index in [-0.39, 0.29) is 5.91 Å². The lowest BCUT2D eigenvalue weighted by Gasteiger charge is -2.10. The molecule has 0 saturated carbocycles. The highest BCUT2D eigenvalue weighted by Crippen LogP contribution is 2.27. The van der Waals surface area contributed by atoms with Gasteiger partial charge >= 0.3 is 0 Å². The van der Waals surface area contributed by atoms with E-state index in [2.05, 4.69) is 10.4 Å². The summed E-state index contributed by atoms with van der Waals surface area (Å²) in [7, 11) is 3.22. The van der Waals surface area contributed by atoms with Crippen LogP contribution in [-0.2, 0) is 13.0 Å². The molecule has 0 unspecified atom stereocenters. The molecular formula is C17H23N3O3. The van der Waals surface area contributed by atoms with Gasteiger partial charge in [-0.25, -0.2) is 0 Å². The fourth-order valence-electron chi connectivity index (χ4n) is 2.44. The second-order valence-corrected chi connectivity index (χ2v) is 5.15. The van der Waals surface area contributed by atoms with Crippen molar-refractivity contribution < 1.29 is 14.3 Å². The number of aromatic nitrogens is 2. The summed E-state index contributed by atoms with van der Waals surface area (Å²) in [5, 5.41) is 7.12. The zero-order valence-electron chi connectivity index (χ0n) is 14.0. The first kappa shape index (κ1) is 16.9. The van der Waals surface area contributed by atoms with Crippen LogP contribution in [-0.4, -0.2) is 36.5 Å². The predicted molar refractivity (Wildman–Crippen MR) is 88.2 cm³/mol. The summed E-state index contributed by atoms with van der Waals surface area (Å²) < 4.78 is 12.3. The summed E-state index contributed by atoms with van der Waals surface area (Å²) in [6, 6.07) is 5.75. The van der Waals surface area contributed by atoms with E-state index in [1.807, 2.05) is 36.7 Å². The number of nitrogens with zero attached hydrogens (tertiary/aromatic N) is 2. The predicted octanol–water partition coefficient (Wildman–Crippen LogP) is 2.20. The lowest BCUT2D eigenvalue weighted by molar-refractivity contribution is 0.0953. The smallest absolute Gasteiger partial charge is 0.254 e. The summed E-state index contributed by atoms with van der Waals surface area (Å²) in [6.07, 6.45) is 2.33. The van der Waals surface area contributed by atoms with Crippen molar-refractivity contribution in [3.63, 3.8) is 0 Å². The van der Waals surface area contributed by atoms with Gasteiger partial charge in [0.1, 0.15) is 0 Å². The van der Waals surface area contributed by atoms with Gasteiger partial charge in [0, 0.05) is 18.8 Å². The molecule has 1 amide bonds. The Morgan fingerprint density at radius 3 is 2.61 bits per heavy atom. The molecule has 0 atom stereocenters. The monoisotopic (exact) mass is 317 g/mol. The van der Waals surface area contributed by atoms with Crippen LogP contribution in [0.15, 0.2) is 24.4 Å². The molecule has 0 fully saturated rings. The third kappa shape index (κ3) is 3.83. The quantitative estimate of drug-likeness (QED) is 0.850. The first-order valence-corrected chi connectivity index (χ1v) is 7.62. The third-order valence-corrected chi connectivity index (χ3v) is 3.79. The molecule has 6 heteroatoms. The Morgan fingerprint density at radius 2 is 2.00 bits per heavy atom. The van der Waals surface area contributed by atoms with Gasteiger partial charge in [-0.05, 0) is 38.0 Å². The van der Waals surface area contributed by atoms with Crippen LogP contribution >= 0.6 is 0 Å². The summed E-state index contributed by atoms with van der Waals surface area (Å²) in [5.74, 6) is 1.29. The highest BCUT2D eigenvalue weighted by molar-refractivity contribution is 5.95. The number of rotatable bonds is 7. The van der Waals surface area contributed by atoms with Crippen molar-refractivity contribution in [2.45, 2.75) is 26.8 Å². The van der Waals surface area contributed by atoms with E-state index in [4.69, 9.17) is 9.47 Å². The van der Waals surface area contributed by atoms with E-state index in [9.17, 15) is 4.79 Å². The number of ether oxygens (including phenoxy) is 2. The van der Waals surface area contributed by atoms with Crippen LogP contribution in [0.2, 0.25) is 0 Å². The van der Waals surface area contributed by atoms with Crippen LogP contribution in [0.3, 0.4) is 0 Å². The molecule has 0 saturated heterocycles. The Morgan fingerprint density at radius 1 is 1.26 bits per heavy atom. The zero-order valence-corrected chi connectivity index (χ0v) is 14.0. The molecule has 124 valence electrons. The van der Waals surface area contributed by atoms with Gasteiger partial charge in [0.2, 0.25) is 0 Å². The molecule has 0 bridgehead atoms. The average Bonchev–Trinajstić information content (AvgIpc) is 2.95. The Kier molecular flexibility index (Phi) is 5.62. The topological polar surface area (TPSA) is 65.4 Å². The van der Waals surface area contributed by atoms with Crippen LogP contribution in [0.1, 0.15) is 28.5 Å². The largest absolute Gasteiger partial charge is 0.493 e. The molecule has 2 aromatic rings. The van der Waals surface area contributed by atoms with Gasteiger partial charge < -0.3 is 14.8 Å². The minimum Gasteiger partial charge on any atom is -0.493 e. The first-order valence-electron chi connectivity index (χ1n) is 7.62. The van der Waals surface area contributed by atoms with Crippen molar-refractivity contribution in [1.82, 2.24) is 15.1 Å². The summed E-state index contributed by atoms with van der Waals surface area (Å²) in [4.78, 5) is 12.2. The van der Waals surface area contributed by atoms with Crippen molar-refractivity contribution in [2.24, 2.45) is 0 Å². The van der Waals surface area contributed by atoms with E-state index < -0.39 is 0 Å². The molecule has 0 aliphatic rings. The number of amides is 1. The van der Waals surface area contributed by atoms with Crippen LogP contribution in [0.5, 0.6) is 11.5 Å². The number of hydrogen-bond donors (Lipinski definition) is 1. The molecule has 1 heterocycles. The van der Waals surface area contributed by atoms with Gasteiger partial charge in [-0.2, -0.15) is 5.10 Å². The first-order chi connectivity index (χ1) is 11.1. The molecule has 1 aromatic carbocycles. The van der Waals surface area contributed by atoms with Crippen molar-refractivity contribution in [1.29, 1.82) is 0 Å². The lowest BCUT2D eigenvalue weighted by Crippen LogP contribution is -2.26. The van der Waals surface area contributed by atoms with E-state index in [1.165, 1.54) is 0 Å². The normalized spacial score (nSPS) is 10.4. The van der Waals surface area contributed by atoms with Crippen molar-refractivity contribution >= 4 is 5.91 Å². The minimum absolute atomic E-state index is 0.0947. The zero-order chi connectivity index (χ0) is 16.8. The van der Waals surface area contributed by atoms with E-state index in [0.29, 0.717) is 30.0 Å². The fraction of sp³-hybridized carbons (Fsp3) is 0.412. The average molecular weight is 317 g/mol. The highest BCUT2D eigenvalue weighted by atomic mass is 16.5. The van der Waals surface area contributed by atoms with E-state index in [1.54, 1.807) is 20.4 Å². The Bertz CT molecular complexity index is 680. The number of aryl methyl sites for hydroxylation is 1. The molecule has 2 rings (SSSR count). The van der Waals surface area contributed by atoms with Gasteiger partial charge in [-0.1, -0.05) is 6.07 Å². The number of nitrogens with one attached hydrogen (secondary N) is 1. The number of methoxy groups -OCH3 is 2. The molecule has 0 aliphatic carbocycles. The van der Waals surface area contributed by atoms with Crippen LogP contribution in [0, 0.1) is 6.92 Å². The van der Waals surface area contributed by atoms with Gasteiger partial charge in [0.25, 0.3) is 5.91 Å². The van der Waals surface area contributed by atoms with Crippen LogP contribution in [0.25, 0.3) is 0 Å². The van der Waals surface area contributed by atoms with Crippen molar-refractivity contribution in [3.8, 4) is 11.5 Å². The molecule has 0 spiro atoms. The van der Waals surface area contributed by atoms with Gasteiger partial charge in [0.05, 0.1) is 26.0 Å². The number of benzene rings is 1. The second kappa shape index (κ2) is 7.67. The number of carbonyl (C=O) groups is 1. The van der Waals surface area contributed by atoms with E-state index in [0.717, 1.165) is 17.8 Å². The third-order valence-electron chi connectivity index (χ3n) is 3.79. The molecule has 1 aromatic heterocycles. The standard InChI is InChI=1S/C17H23N3O3/c1-5-20-12(2)14(11-19-20)17(21)18-9-8-13-6-7-15(22-3)16(10-13)23-4/h6-7,10-11H,5,8-9H2,1-4H3,(H,18,21). The number of carbonyl (C=O) groups excluding carboxylic acids is 1. The maximum absolute atomic E-state index is 12.2. The van der Waals surface area contributed by atoms with Crippen LogP contribution < -0.4 is 14.8 Å². The minimum atomic E-state index is -0.0947. The van der Waals surface area contributed by atoms with Crippen molar-refractivity contribution in [2.75, 3.05) is 20.8 Å². The molecule has 0 aliphatic heterocycles. The number of hydrogen-bond acceptors (Lipinski definition) is 4. The maximum Gasteiger partial charge on any atom is 0.254 e.